The highest BCUT2D eigenvalue weighted by atomic mass is 79.9. The molecule has 1 aromatic carbocycles. The topological polar surface area (TPSA) is 12.0 Å². The molecule has 0 amide bonds. The molecule has 0 heterocycles. The fourth-order valence-electron chi connectivity index (χ4n) is 1.26. The molecule has 0 saturated heterocycles. The van der Waals surface area contributed by atoms with Crippen molar-refractivity contribution in [3.8, 4) is 0 Å². The Morgan fingerprint density at radius 1 is 1.38 bits per heavy atom. The van der Waals surface area contributed by atoms with Gasteiger partial charge < -0.3 is 5.32 Å². The van der Waals surface area contributed by atoms with Crippen LogP contribution in [0.2, 0.25) is 0 Å². The maximum atomic E-state index is 13.5. The van der Waals surface area contributed by atoms with Crippen LogP contribution >= 0.6 is 15.9 Å². The van der Waals surface area contributed by atoms with E-state index in [-0.39, 0.29) is 10.0 Å². The second-order valence-electron chi connectivity index (χ2n) is 3.30. The van der Waals surface area contributed by atoms with Crippen LogP contribution in [0.4, 0.5) is 8.78 Å². The molecule has 16 heavy (non-hydrogen) atoms. The molecule has 4 heteroatoms. The first-order valence-electron chi connectivity index (χ1n) is 5.17. The maximum Gasteiger partial charge on any atom is 0.147 e. The van der Waals surface area contributed by atoms with Gasteiger partial charge in [0.05, 0.1) is 4.47 Å². The second kappa shape index (κ2) is 6.76. The molecule has 0 aromatic heterocycles. The third-order valence-electron chi connectivity index (χ3n) is 2.10. The van der Waals surface area contributed by atoms with Crippen LogP contribution < -0.4 is 5.32 Å². The molecule has 0 aliphatic carbocycles. The lowest BCUT2D eigenvalue weighted by atomic mass is 10.1. The van der Waals surface area contributed by atoms with Crippen molar-refractivity contribution < 1.29 is 8.78 Å². The minimum absolute atomic E-state index is 0.00544. The van der Waals surface area contributed by atoms with Crippen molar-refractivity contribution in [2.45, 2.75) is 13.3 Å². The molecule has 1 nitrogen and oxygen atoms in total. The maximum absolute atomic E-state index is 13.5. The molecular formula is C12H14BrF2N. The number of nitrogens with one attached hydrogen (secondary N) is 1. The third kappa shape index (κ3) is 3.68. The number of rotatable bonds is 5. The zero-order chi connectivity index (χ0) is 12.0. The van der Waals surface area contributed by atoms with E-state index in [0.717, 1.165) is 19.5 Å². The van der Waals surface area contributed by atoms with Gasteiger partial charge in [0.2, 0.25) is 0 Å². The molecular weight excluding hydrogens is 276 g/mol. The van der Waals surface area contributed by atoms with E-state index in [2.05, 4.69) is 21.2 Å². The van der Waals surface area contributed by atoms with Crippen molar-refractivity contribution in [3.05, 3.63) is 39.9 Å². The largest absolute Gasteiger partial charge is 0.317 e. The molecule has 0 saturated carbocycles. The molecule has 0 fully saturated rings. The first kappa shape index (κ1) is 13.3. The summed E-state index contributed by atoms with van der Waals surface area (Å²) in [5.41, 5.74) is 0.00544. The molecule has 88 valence electrons. The van der Waals surface area contributed by atoms with Gasteiger partial charge in [0.1, 0.15) is 11.6 Å². The van der Waals surface area contributed by atoms with Crippen LogP contribution in [0, 0.1) is 11.6 Å². The molecule has 1 N–H and O–H groups in total. The van der Waals surface area contributed by atoms with Crippen LogP contribution in [-0.2, 0) is 0 Å². The van der Waals surface area contributed by atoms with Gasteiger partial charge in [-0.25, -0.2) is 8.78 Å². The fraction of sp³-hybridized carbons (Fsp3) is 0.333. The van der Waals surface area contributed by atoms with Crippen LogP contribution in [0.5, 0.6) is 0 Å². The summed E-state index contributed by atoms with van der Waals surface area (Å²) in [5, 5.41) is 3.13. The summed E-state index contributed by atoms with van der Waals surface area (Å²) in [5.74, 6) is -1.10. The molecule has 0 bridgehead atoms. The van der Waals surface area contributed by atoms with Gasteiger partial charge in [0, 0.05) is 5.56 Å². The summed E-state index contributed by atoms with van der Waals surface area (Å²) in [7, 11) is 0. The number of hydrogen-bond acceptors (Lipinski definition) is 1. The first-order chi connectivity index (χ1) is 7.66. The van der Waals surface area contributed by atoms with Gasteiger partial charge in [-0.3, -0.25) is 0 Å². The Hall–Kier alpha value is -0.740. The number of halogens is 3. The molecule has 0 atom stereocenters. The Bertz CT molecular complexity index is 378. The Kier molecular flexibility index (Phi) is 5.63. The first-order valence-corrected chi connectivity index (χ1v) is 5.97. The van der Waals surface area contributed by atoms with Gasteiger partial charge in [-0.05, 0) is 47.6 Å². The lowest BCUT2D eigenvalue weighted by Gasteiger charge is -2.01. The highest BCUT2D eigenvalue weighted by molar-refractivity contribution is 9.10. The monoisotopic (exact) mass is 289 g/mol. The number of hydrogen-bond donors (Lipinski definition) is 1. The molecule has 0 spiro atoms. The van der Waals surface area contributed by atoms with Crippen molar-refractivity contribution >= 4 is 22.0 Å². The van der Waals surface area contributed by atoms with Gasteiger partial charge in [-0.15, -0.1) is 0 Å². The quantitative estimate of drug-likeness (QED) is 0.643. The molecule has 0 aliphatic rings. The third-order valence-corrected chi connectivity index (χ3v) is 2.71. The Morgan fingerprint density at radius 3 is 2.81 bits per heavy atom. The van der Waals surface area contributed by atoms with Crippen molar-refractivity contribution in [1.29, 1.82) is 0 Å². The Morgan fingerprint density at radius 2 is 2.12 bits per heavy atom. The minimum Gasteiger partial charge on any atom is -0.317 e. The summed E-state index contributed by atoms with van der Waals surface area (Å²) < 4.78 is 27.0. The van der Waals surface area contributed by atoms with E-state index in [1.54, 1.807) is 6.08 Å². The Balaban J connectivity index is 2.69. The van der Waals surface area contributed by atoms with E-state index < -0.39 is 11.6 Å². The zero-order valence-corrected chi connectivity index (χ0v) is 10.7. The van der Waals surface area contributed by atoms with E-state index in [1.807, 2.05) is 6.92 Å². The lowest BCUT2D eigenvalue weighted by Crippen LogP contribution is -2.12. The van der Waals surface area contributed by atoms with E-state index in [1.165, 1.54) is 18.2 Å². The predicted octanol–water partition coefficient (Wildman–Crippen LogP) is 3.74. The average Bonchev–Trinajstić information content (AvgIpc) is 2.28. The summed E-state index contributed by atoms with van der Waals surface area (Å²) in [6, 6.07) is 2.61. The fourth-order valence-corrected chi connectivity index (χ4v) is 1.60. The van der Waals surface area contributed by atoms with Gasteiger partial charge in [-0.2, -0.15) is 0 Å². The minimum atomic E-state index is -0.556. The van der Waals surface area contributed by atoms with E-state index in [0.29, 0.717) is 0 Å². The average molecular weight is 290 g/mol. The molecule has 1 rings (SSSR count). The number of benzene rings is 1. The smallest absolute Gasteiger partial charge is 0.147 e. The highest BCUT2D eigenvalue weighted by Crippen LogP contribution is 2.22. The van der Waals surface area contributed by atoms with Gasteiger partial charge in [-0.1, -0.05) is 19.1 Å². The standard InChI is InChI=1S/C12H14BrF2N/c1-2-16-8-4-3-5-9-11(14)7-6-10(13)12(9)15/h3,5-7,16H,2,4,8H2,1H3/b5-3+. The molecule has 0 aliphatic heterocycles. The molecule has 1 aromatic rings. The zero-order valence-electron chi connectivity index (χ0n) is 9.06. The summed E-state index contributed by atoms with van der Waals surface area (Å²) >= 11 is 3.03. The normalized spacial score (nSPS) is 11.2. The van der Waals surface area contributed by atoms with Crippen molar-refractivity contribution in [1.82, 2.24) is 5.32 Å². The van der Waals surface area contributed by atoms with Crippen LogP contribution in [-0.4, -0.2) is 13.1 Å². The van der Waals surface area contributed by atoms with Crippen LogP contribution in [0.25, 0.3) is 6.08 Å². The SMILES string of the molecule is CCNCC/C=C/c1c(F)ccc(Br)c1F. The van der Waals surface area contributed by atoms with Gasteiger partial charge in [0.15, 0.2) is 0 Å². The van der Waals surface area contributed by atoms with E-state index in [9.17, 15) is 8.78 Å². The van der Waals surface area contributed by atoms with Crippen molar-refractivity contribution in [2.24, 2.45) is 0 Å². The lowest BCUT2D eigenvalue weighted by molar-refractivity contribution is 0.574. The van der Waals surface area contributed by atoms with Crippen LogP contribution in [0.1, 0.15) is 18.9 Å². The predicted molar refractivity (Wildman–Crippen MR) is 66.3 cm³/mol. The van der Waals surface area contributed by atoms with E-state index in [4.69, 9.17) is 0 Å². The van der Waals surface area contributed by atoms with E-state index >= 15 is 0 Å². The van der Waals surface area contributed by atoms with Crippen LogP contribution in [0.3, 0.4) is 0 Å². The van der Waals surface area contributed by atoms with Gasteiger partial charge in [0.25, 0.3) is 0 Å². The van der Waals surface area contributed by atoms with Crippen molar-refractivity contribution in [2.75, 3.05) is 13.1 Å². The summed E-state index contributed by atoms with van der Waals surface area (Å²) in [6.45, 7) is 3.72. The molecule has 0 unspecified atom stereocenters. The van der Waals surface area contributed by atoms with Gasteiger partial charge >= 0.3 is 0 Å². The molecule has 0 radical (unpaired) electrons. The summed E-state index contributed by atoms with van der Waals surface area (Å²) in [6.07, 6.45) is 3.99. The summed E-state index contributed by atoms with van der Waals surface area (Å²) in [4.78, 5) is 0. The van der Waals surface area contributed by atoms with Crippen LogP contribution in [0.15, 0.2) is 22.7 Å². The second-order valence-corrected chi connectivity index (χ2v) is 4.16. The van der Waals surface area contributed by atoms with Crippen molar-refractivity contribution in [3.63, 3.8) is 0 Å². The highest BCUT2D eigenvalue weighted by Gasteiger charge is 2.08. The Labute approximate surface area is 103 Å².